The lowest BCUT2D eigenvalue weighted by Gasteiger charge is -2.14. The standard InChI is InChI=1S/C15H19N5OS/c1-11-5-6-12(2)13(9-11)20-15(16-17-18-20)22-10-14(21)19-7-3-4-8-19/h5-6,9H,3-4,7-8,10H2,1-2H3. The van der Waals surface area contributed by atoms with Gasteiger partial charge < -0.3 is 4.90 Å². The predicted octanol–water partition coefficient (Wildman–Crippen LogP) is 1.99. The number of nitrogens with zero attached hydrogens (tertiary/aromatic N) is 5. The molecule has 1 aliphatic rings. The fraction of sp³-hybridized carbons (Fsp3) is 0.467. The maximum atomic E-state index is 12.1. The summed E-state index contributed by atoms with van der Waals surface area (Å²) in [5.74, 6) is 0.545. The molecule has 7 heteroatoms. The van der Waals surface area contributed by atoms with Crippen LogP contribution >= 0.6 is 11.8 Å². The van der Waals surface area contributed by atoms with Crippen LogP contribution in [0.1, 0.15) is 24.0 Å². The van der Waals surface area contributed by atoms with Crippen molar-refractivity contribution < 1.29 is 4.79 Å². The molecule has 1 amide bonds. The summed E-state index contributed by atoms with van der Waals surface area (Å²) in [6, 6.07) is 6.17. The smallest absolute Gasteiger partial charge is 0.233 e. The van der Waals surface area contributed by atoms with Crippen molar-refractivity contribution in [1.82, 2.24) is 25.1 Å². The number of hydrogen-bond donors (Lipinski definition) is 0. The molecule has 0 aliphatic carbocycles. The second-order valence-corrected chi connectivity index (χ2v) is 6.48. The van der Waals surface area contributed by atoms with Crippen LogP contribution in [0.2, 0.25) is 0 Å². The van der Waals surface area contributed by atoms with Crippen LogP contribution in [0.25, 0.3) is 5.69 Å². The van der Waals surface area contributed by atoms with Crippen molar-refractivity contribution in [3.05, 3.63) is 29.3 Å². The highest BCUT2D eigenvalue weighted by Gasteiger charge is 2.19. The fourth-order valence-corrected chi connectivity index (χ4v) is 3.34. The van der Waals surface area contributed by atoms with Crippen LogP contribution in [0.15, 0.2) is 23.4 Å². The molecule has 1 aromatic heterocycles. The number of thioether (sulfide) groups is 1. The van der Waals surface area contributed by atoms with Crippen LogP contribution in [0, 0.1) is 13.8 Å². The molecular formula is C15H19N5OS. The third kappa shape index (κ3) is 3.14. The summed E-state index contributed by atoms with van der Waals surface area (Å²) in [5.41, 5.74) is 3.21. The molecular weight excluding hydrogens is 298 g/mol. The number of rotatable bonds is 4. The molecule has 2 heterocycles. The number of carbonyl (C=O) groups excluding carboxylic acids is 1. The van der Waals surface area contributed by atoms with Gasteiger partial charge in [-0.15, -0.1) is 5.10 Å². The van der Waals surface area contributed by atoms with Crippen molar-refractivity contribution in [2.45, 2.75) is 31.8 Å². The zero-order valence-corrected chi connectivity index (χ0v) is 13.6. The largest absolute Gasteiger partial charge is 0.342 e. The topological polar surface area (TPSA) is 63.9 Å². The maximum Gasteiger partial charge on any atom is 0.233 e. The average Bonchev–Trinajstić information content (AvgIpc) is 3.18. The Bertz CT molecular complexity index is 678. The molecule has 0 saturated carbocycles. The quantitative estimate of drug-likeness (QED) is 0.807. The third-order valence-corrected chi connectivity index (χ3v) is 4.72. The number of carbonyl (C=O) groups is 1. The van der Waals surface area contributed by atoms with Crippen LogP contribution in [-0.4, -0.2) is 49.9 Å². The van der Waals surface area contributed by atoms with Gasteiger partial charge in [-0.25, -0.2) is 0 Å². The summed E-state index contributed by atoms with van der Waals surface area (Å²) in [6.45, 7) is 5.82. The van der Waals surface area contributed by atoms with E-state index in [9.17, 15) is 4.79 Å². The lowest BCUT2D eigenvalue weighted by atomic mass is 10.1. The summed E-state index contributed by atoms with van der Waals surface area (Å²) in [6.07, 6.45) is 2.22. The maximum absolute atomic E-state index is 12.1. The minimum atomic E-state index is 0.165. The van der Waals surface area contributed by atoms with Crippen LogP contribution in [0.5, 0.6) is 0 Å². The van der Waals surface area contributed by atoms with E-state index in [-0.39, 0.29) is 5.91 Å². The Balaban J connectivity index is 1.74. The fourth-order valence-electron chi connectivity index (χ4n) is 2.55. The molecule has 116 valence electrons. The third-order valence-electron chi connectivity index (χ3n) is 3.82. The van der Waals surface area contributed by atoms with Gasteiger partial charge in [0.15, 0.2) is 0 Å². The molecule has 0 bridgehead atoms. The Morgan fingerprint density at radius 2 is 2.05 bits per heavy atom. The first-order valence-corrected chi connectivity index (χ1v) is 8.40. The molecule has 0 spiro atoms. The van der Waals surface area contributed by atoms with Crippen LogP contribution in [0.3, 0.4) is 0 Å². The normalized spacial score (nSPS) is 14.5. The first kappa shape index (κ1) is 15.0. The molecule has 0 unspecified atom stereocenters. The van der Waals surface area contributed by atoms with E-state index in [4.69, 9.17) is 0 Å². The molecule has 0 radical (unpaired) electrons. The zero-order valence-electron chi connectivity index (χ0n) is 12.8. The van der Waals surface area contributed by atoms with E-state index in [0.717, 1.165) is 42.7 Å². The SMILES string of the molecule is Cc1ccc(C)c(-n2nnnc2SCC(=O)N2CCCC2)c1. The molecule has 1 saturated heterocycles. The molecule has 0 N–H and O–H groups in total. The van der Waals surface area contributed by atoms with E-state index < -0.39 is 0 Å². The minimum absolute atomic E-state index is 0.165. The zero-order chi connectivity index (χ0) is 15.5. The van der Waals surface area contributed by atoms with Crippen molar-refractivity contribution in [1.29, 1.82) is 0 Å². The highest BCUT2D eigenvalue weighted by atomic mass is 32.2. The van der Waals surface area contributed by atoms with E-state index in [1.165, 1.54) is 11.8 Å². The Hall–Kier alpha value is -1.89. The molecule has 0 atom stereocenters. The van der Waals surface area contributed by atoms with Gasteiger partial charge in [0, 0.05) is 13.1 Å². The summed E-state index contributed by atoms with van der Waals surface area (Å²) < 4.78 is 1.71. The van der Waals surface area contributed by atoms with Gasteiger partial charge >= 0.3 is 0 Å². The van der Waals surface area contributed by atoms with E-state index in [1.54, 1.807) is 4.68 Å². The van der Waals surface area contributed by atoms with Crippen molar-refractivity contribution in [2.75, 3.05) is 18.8 Å². The summed E-state index contributed by atoms with van der Waals surface area (Å²) in [7, 11) is 0. The number of aryl methyl sites for hydroxylation is 2. The minimum Gasteiger partial charge on any atom is -0.342 e. The number of aromatic nitrogens is 4. The number of benzene rings is 1. The number of amides is 1. The predicted molar refractivity (Wildman–Crippen MR) is 85.2 cm³/mol. The first-order valence-electron chi connectivity index (χ1n) is 7.42. The monoisotopic (exact) mass is 317 g/mol. The number of hydrogen-bond acceptors (Lipinski definition) is 5. The second kappa shape index (κ2) is 6.48. The highest BCUT2D eigenvalue weighted by molar-refractivity contribution is 7.99. The van der Waals surface area contributed by atoms with Crippen LogP contribution < -0.4 is 0 Å². The molecule has 3 rings (SSSR count). The second-order valence-electron chi connectivity index (χ2n) is 5.54. The molecule has 1 fully saturated rings. The van der Waals surface area contributed by atoms with Gasteiger partial charge in [-0.05, 0) is 54.3 Å². The van der Waals surface area contributed by atoms with E-state index >= 15 is 0 Å². The van der Waals surface area contributed by atoms with Crippen LogP contribution in [0.4, 0.5) is 0 Å². The van der Waals surface area contributed by atoms with Crippen molar-refractivity contribution >= 4 is 17.7 Å². The molecule has 1 aliphatic heterocycles. The lowest BCUT2D eigenvalue weighted by molar-refractivity contribution is -0.127. The first-order chi connectivity index (χ1) is 10.6. The van der Waals surface area contributed by atoms with Gasteiger partial charge in [0.2, 0.25) is 11.1 Å². The Morgan fingerprint density at radius 3 is 2.82 bits per heavy atom. The van der Waals surface area contributed by atoms with Gasteiger partial charge in [0.25, 0.3) is 0 Å². The highest BCUT2D eigenvalue weighted by Crippen LogP contribution is 2.22. The van der Waals surface area contributed by atoms with Crippen LogP contribution in [-0.2, 0) is 4.79 Å². The summed E-state index contributed by atoms with van der Waals surface area (Å²) in [4.78, 5) is 14.1. The van der Waals surface area contributed by atoms with Gasteiger partial charge in [0.1, 0.15) is 0 Å². The Kier molecular flexibility index (Phi) is 4.42. The van der Waals surface area contributed by atoms with E-state index in [0.29, 0.717) is 10.9 Å². The van der Waals surface area contributed by atoms with Gasteiger partial charge in [-0.1, -0.05) is 23.9 Å². The Morgan fingerprint density at radius 1 is 1.27 bits per heavy atom. The number of tetrazole rings is 1. The molecule has 22 heavy (non-hydrogen) atoms. The Labute approximate surface area is 133 Å². The van der Waals surface area contributed by atoms with E-state index in [1.807, 2.05) is 18.7 Å². The average molecular weight is 317 g/mol. The van der Waals surface area contributed by atoms with Crippen molar-refractivity contribution in [3.8, 4) is 5.69 Å². The molecule has 6 nitrogen and oxygen atoms in total. The van der Waals surface area contributed by atoms with Gasteiger partial charge in [0.05, 0.1) is 11.4 Å². The van der Waals surface area contributed by atoms with Crippen molar-refractivity contribution in [3.63, 3.8) is 0 Å². The molecule has 2 aromatic rings. The summed E-state index contributed by atoms with van der Waals surface area (Å²) >= 11 is 1.39. The molecule has 1 aromatic carbocycles. The lowest BCUT2D eigenvalue weighted by Crippen LogP contribution is -2.29. The van der Waals surface area contributed by atoms with Gasteiger partial charge in [-0.3, -0.25) is 4.79 Å². The van der Waals surface area contributed by atoms with E-state index in [2.05, 4.69) is 33.7 Å². The van der Waals surface area contributed by atoms with Gasteiger partial charge in [-0.2, -0.15) is 4.68 Å². The number of likely N-dealkylation sites (tertiary alicyclic amines) is 1. The summed E-state index contributed by atoms with van der Waals surface area (Å²) in [5, 5.41) is 12.5. The van der Waals surface area contributed by atoms with Crippen molar-refractivity contribution in [2.24, 2.45) is 0 Å².